The molecule has 232 valence electrons. The maximum Gasteiger partial charge on any atom is 0.319 e. The van der Waals surface area contributed by atoms with Gasteiger partial charge >= 0.3 is 6.01 Å². The zero-order chi connectivity index (χ0) is 30.9. The zero-order valence-corrected chi connectivity index (χ0v) is 24.9. The number of rotatable bonds is 5. The SMILES string of the molecule is C#Cc1c(F)ccc2cc(O)cc(-c3ccc4c(N5CCCC6(CNC6)C5)nc(OC[C@@]56CCCN5C[C@H](F)C6)nc4c3F)c12. The first-order valence-corrected chi connectivity index (χ1v) is 15.7. The fraction of sp³-hybridized carbons (Fsp3) is 0.429. The van der Waals surface area contributed by atoms with Crippen LogP contribution in [0.3, 0.4) is 0 Å². The molecule has 4 aliphatic heterocycles. The molecule has 10 heteroatoms. The number of terminal acetylenes is 1. The van der Waals surface area contributed by atoms with Crippen molar-refractivity contribution in [2.45, 2.75) is 43.8 Å². The Hall–Kier alpha value is -4.07. The summed E-state index contributed by atoms with van der Waals surface area (Å²) in [6, 6.07) is 9.06. The Labute approximate surface area is 259 Å². The van der Waals surface area contributed by atoms with Gasteiger partial charge in [0.1, 0.15) is 35.7 Å². The number of piperidine rings is 1. The van der Waals surface area contributed by atoms with Crippen molar-refractivity contribution in [3.63, 3.8) is 0 Å². The van der Waals surface area contributed by atoms with E-state index < -0.39 is 23.3 Å². The van der Waals surface area contributed by atoms with Crippen LogP contribution in [0.25, 0.3) is 32.8 Å². The standard InChI is InChI=1S/C35H34F3N5O2/c1-2-24-28(37)8-5-21-13-23(44)14-27(29(21)24)25-6-7-26-31(30(25)38)40-33(45-20-35-10-4-12-43(35)16-22(36)15-35)41-32(26)42-11-3-9-34(19-42)17-39-18-34/h1,5-8,13-14,22,39,44H,3-4,9-12,15-20H2/t22-,35+/m1/s1. The molecule has 0 radical (unpaired) electrons. The molecule has 5 heterocycles. The van der Waals surface area contributed by atoms with Gasteiger partial charge < -0.3 is 20.1 Å². The molecule has 4 fully saturated rings. The lowest BCUT2D eigenvalue weighted by molar-refractivity contribution is 0.107. The Morgan fingerprint density at radius 3 is 2.71 bits per heavy atom. The smallest absolute Gasteiger partial charge is 0.319 e. The second-order valence-electron chi connectivity index (χ2n) is 13.3. The third kappa shape index (κ3) is 4.59. The monoisotopic (exact) mass is 613 g/mol. The summed E-state index contributed by atoms with van der Waals surface area (Å²) < 4.78 is 52.4. The van der Waals surface area contributed by atoms with Gasteiger partial charge in [0, 0.05) is 60.9 Å². The van der Waals surface area contributed by atoms with E-state index in [4.69, 9.17) is 16.1 Å². The topological polar surface area (TPSA) is 73.8 Å². The quantitative estimate of drug-likeness (QED) is 0.286. The summed E-state index contributed by atoms with van der Waals surface area (Å²) in [7, 11) is 0. The number of benzene rings is 3. The van der Waals surface area contributed by atoms with Gasteiger partial charge in [0.15, 0.2) is 5.82 Å². The second kappa shape index (κ2) is 10.5. The number of anilines is 1. The average molecular weight is 614 g/mol. The number of alkyl halides is 1. The molecule has 0 aliphatic carbocycles. The summed E-state index contributed by atoms with van der Waals surface area (Å²) in [5.74, 6) is 1.64. The molecule has 0 bridgehead atoms. The number of aromatic nitrogens is 2. The minimum atomic E-state index is -0.905. The van der Waals surface area contributed by atoms with Crippen LogP contribution in [-0.2, 0) is 0 Å². The lowest BCUT2D eigenvalue weighted by atomic mass is 9.75. The molecule has 45 heavy (non-hydrogen) atoms. The normalized spacial score (nSPS) is 24.2. The summed E-state index contributed by atoms with van der Waals surface area (Å²) in [5.41, 5.74) is 0.165. The zero-order valence-electron chi connectivity index (χ0n) is 24.9. The van der Waals surface area contributed by atoms with Crippen LogP contribution >= 0.6 is 0 Å². The van der Waals surface area contributed by atoms with Crippen LogP contribution in [0.15, 0.2) is 36.4 Å². The lowest BCUT2D eigenvalue weighted by Gasteiger charge is -2.49. The Balaban J connectivity index is 1.27. The minimum absolute atomic E-state index is 0.00905. The number of nitrogens with zero attached hydrogens (tertiary/aromatic N) is 4. The summed E-state index contributed by atoms with van der Waals surface area (Å²) in [4.78, 5) is 13.8. The Morgan fingerprint density at radius 2 is 1.91 bits per heavy atom. The Morgan fingerprint density at radius 1 is 1.07 bits per heavy atom. The van der Waals surface area contributed by atoms with Crippen molar-refractivity contribution in [2.24, 2.45) is 5.41 Å². The van der Waals surface area contributed by atoms with E-state index in [0.717, 1.165) is 58.4 Å². The molecule has 4 aromatic rings. The fourth-order valence-electron chi connectivity index (χ4n) is 8.22. The Kier molecular flexibility index (Phi) is 6.63. The van der Waals surface area contributed by atoms with E-state index in [1.54, 1.807) is 12.1 Å². The molecule has 1 spiro atoms. The van der Waals surface area contributed by atoms with E-state index in [-0.39, 0.29) is 46.0 Å². The highest BCUT2D eigenvalue weighted by atomic mass is 19.1. The maximum atomic E-state index is 16.9. The highest BCUT2D eigenvalue weighted by Gasteiger charge is 2.49. The van der Waals surface area contributed by atoms with E-state index in [1.807, 2.05) is 0 Å². The van der Waals surface area contributed by atoms with Crippen LogP contribution in [0, 0.1) is 29.4 Å². The van der Waals surface area contributed by atoms with Crippen molar-refractivity contribution in [1.82, 2.24) is 20.2 Å². The van der Waals surface area contributed by atoms with Crippen LogP contribution in [-0.4, -0.2) is 77.6 Å². The van der Waals surface area contributed by atoms with Gasteiger partial charge in [-0.3, -0.25) is 4.90 Å². The molecule has 2 atom stereocenters. The molecule has 0 saturated carbocycles. The minimum Gasteiger partial charge on any atom is -0.508 e. The Bertz CT molecular complexity index is 1890. The number of fused-ring (bicyclic) bond motifs is 3. The number of nitrogens with one attached hydrogen (secondary N) is 1. The summed E-state index contributed by atoms with van der Waals surface area (Å²) in [6.45, 7) is 4.83. The maximum absolute atomic E-state index is 16.9. The molecule has 2 N–H and O–H groups in total. The van der Waals surface area contributed by atoms with Crippen molar-refractivity contribution >= 4 is 27.5 Å². The van der Waals surface area contributed by atoms with Crippen molar-refractivity contribution in [1.29, 1.82) is 0 Å². The van der Waals surface area contributed by atoms with E-state index in [2.05, 4.69) is 26.0 Å². The molecule has 0 unspecified atom stereocenters. The molecule has 4 saturated heterocycles. The molecular formula is C35H34F3N5O2. The second-order valence-corrected chi connectivity index (χ2v) is 13.3. The first-order valence-electron chi connectivity index (χ1n) is 15.7. The van der Waals surface area contributed by atoms with E-state index >= 15 is 4.39 Å². The van der Waals surface area contributed by atoms with E-state index in [0.29, 0.717) is 34.9 Å². The van der Waals surface area contributed by atoms with Gasteiger partial charge in [-0.15, -0.1) is 6.42 Å². The van der Waals surface area contributed by atoms with Crippen LogP contribution in [0.4, 0.5) is 19.0 Å². The molecule has 7 nitrogen and oxygen atoms in total. The van der Waals surface area contributed by atoms with Crippen molar-refractivity contribution in [3.05, 3.63) is 53.6 Å². The number of phenols is 1. The van der Waals surface area contributed by atoms with Gasteiger partial charge in [0.25, 0.3) is 0 Å². The van der Waals surface area contributed by atoms with Gasteiger partial charge in [-0.2, -0.15) is 9.97 Å². The number of hydrogen-bond acceptors (Lipinski definition) is 7. The highest BCUT2D eigenvalue weighted by molar-refractivity contribution is 6.04. The number of phenolic OH excluding ortho intramolecular Hbond substituents is 1. The largest absolute Gasteiger partial charge is 0.508 e. The number of aromatic hydroxyl groups is 1. The van der Waals surface area contributed by atoms with Crippen LogP contribution < -0.4 is 15.0 Å². The van der Waals surface area contributed by atoms with E-state index in [1.165, 1.54) is 24.3 Å². The van der Waals surface area contributed by atoms with E-state index in [9.17, 15) is 13.9 Å². The molecule has 0 amide bonds. The predicted molar refractivity (Wildman–Crippen MR) is 167 cm³/mol. The van der Waals surface area contributed by atoms with Crippen molar-refractivity contribution < 1.29 is 23.0 Å². The van der Waals surface area contributed by atoms with Gasteiger partial charge in [-0.1, -0.05) is 18.1 Å². The molecule has 8 rings (SSSR count). The molecule has 1 aromatic heterocycles. The first-order chi connectivity index (χ1) is 21.8. The van der Waals surface area contributed by atoms with Crippen molar-refractivity contribution in [3.8, 4) is 35.2 Å². The van der Waals surface area contributed by atoms with Gasteiger partial charge in [-0.05, 0) is 67.4 Å². The molecule has 4 aliphatic rings. The van der Waals surface area contributed by atoms with Crippen LogP contribution in [0.2, 0.25) is 0 Å². The third-order valence-corrected chi connectivity index (χ3v) is 10.4. The molecular weight excluding hydrogens is 579 g/mol. The van der Waals surface area contributed by atoms with Gasteiger partial charge in [0.2, 0.25) is 0 Å². The third-order valence-electron chi connectivity index (χ3n) is 10.4. The van der Waals surface area contributed by atoms with Crippen LogP contribution in [0.1, 0.15) is 37.7 Å². The lowest BCUT2D eigenvalue weighted by Crippen LogP contribution is -2.61. The first kappa shape index (κ1) is 28.4. The van der Waals surface area contributed by atoms with Crippen LogP contribution in [0.5, 0.6) is 11.8 Å². The summed E-state index contributed by atoms with van der Waals surface area (Å²) in [5, 5.41) is 15.3. The number of halogens is 3. The van der Waals surface area contributed by atoms with Gasteiger partial charge in [0.05, 0.1) is 11.1 Å². The summed E-state index contributed by atoms with van der Waals surface area (Å²) >= 11 is 0. The fourth-order valence-corrected chi connectivity index (χ4v) is 8.22. The number of ether oxygens (including phenoxy) is 1. The highest BCUT2D eigenvalue weighted by Crippen LogP contribution is 2.43. The van der Waals surface area contributed by atoms with Crippen molar-refractivity contribution in [2.75, 3.05) is 50.8 Å². The predicted octanol–water partition coefficient (Wildman–Crippen LogP) is 5.56. The average Bonchev–Trinajstić information content (AvgIpc) is 3.55. The summed E-state index contributed by atoms with van der Waals surface area (Å²) in [6.07, 6.45) is 9.08. The van der Waals surface area contributed by atoms with Gasteiger partial charge in [-0.25, -0.2) is 13.2 Å². The molecule has 3 aromatic carbocycles. The number of hydrogen-bond donors (Lipinski definition) is 2.